The van der Waals surface area contributed by atoms with Crippen molar-refractivity contribution < 1.29 is 14.4 Å². The summed E-state index contributed by atoms with van der Waals surface area (Å²) in [6, 6.07) is 27.4. The third-order valence-corrected chi connectivity index (χ3v) is 7.43. The predicted molar refractivity (Wildman–Crippen MR) is 155 cm³/mol. The summed E-state index contributed by atoms with van der Waals surface area (Å²) in [5.74, 6) is -0.789. The van der Waals surface area contributed by atoms with Gasteiger partial charge in [0.1, 0.15) is 12.6 Å². The lowest BCUT2D eigenvalue weighted by Crippen LogP contribution is -2.53. The van der Waals surface area contributed by atoms with E-state index in [-0.39, 0.29) is 30.8 Å². The molecule has 0 aromatic heterocycles. The fraction of sp³-hybridized carbons (Fsp3) is 0.219. The van der Waals surface area contributed by atoms with E-state index in [1.807, 2.05) is 85.8 Å². The number of halogens is 1. The first kappa shape index (κ1) is 26.4. The lowest BCUT2D eigenvalue weighted by atomic mass is 10.0. The van der Waals surface area contributed by atoms with Crippen LogP contribution in [0.25, 0.3) is 10.8 Å². The predicted octanol–water partition coefficient (Wildman–Crippen LogP) is 5.62. The van der Waals surface area contributed by atoms with E-state index in [0.717, 1.165) is 28.3 Å². The molecule has 39 heavy (non-hydrogen) atoms. The number of anilines is 1. The maximum atomic E-state index is 14.1. The third-order valence-electron chi connectivity index (χ3n) is 7.06. The van der Waals surface area contributed by atoms with Gasteiger partial charge in [0.25, 0.3) is 5.91 Å². The van der Waals surface area contributed by atoms with Gasteiger partial charge in [-0.25, -0.2) is 0 Å². The summed E-state index contributed by atoms with van der Waals surface area (Å²) in [6.07, 6.45) is 1.10. The van der Waals surface area contributed by atoms with Crippen molar-refractivity contribution >= 4 is 45.8 Å². The fourth-order valence-electron chi connectivity index (χ4n) is 5.09. The van der Waals surface area contributed by atoms with Gasteiger partial charge in [0.05, 0.1) is 5.69 Å². The van der Waals surface area contributed by atoms with Gasteiger partial charge in [0.15, 0.2) is 0 Å². The van der Waals surface area contributed by atoms with E-state index in [4.69, 9.17) is 11.6 Å². The second-order valence-electron chi connectivity index (χ2n) is 9.68. The lowest BCUT2D eigenvalue weighted by Gasteiger charge is -2.33. The van der Waals surface area contributed by atoms with Crippen LogP contribution in [0, 0.1) is 0 Å². The Balaban J connectivity index is 1.51. The molecule has 3 amide bonds. The van der Waals surface area contributed by atoms with Gasteiger partial charge in [0, 0.05) is 35.5 Å². The summed E-state index contributed by atoms with van der Waals surface area (Å²) < 4.78 is 0. The minimum absolute atomic E-state index is 0.134. The summed E-state index contributed by atoms with van der Waals surface area (Å²) in [7, 11) is 0. The molecule has 0 fully saturated rings. The topological polar surface area (TPSA) is 69.7 Å². The third kappa shape index (κ3) is 5.52. The lowest BCUT2D eigenvalue weighted by molar-refractivity contribution is -0.140. The van der Waals surface area contributed by atoms with Crippen LogP contribution in [-0.4, -0.2) is 41.8 Å². The van der Waals surface area contributed by atoms with Crippen LogP contribution in [-0.2, 0) is 22.6 Å². The molecule has 4 aromatic rings. The molecule has 1 heterocycles. The Morgan fingerprint density at radius 2 is 1.64 bits per heavy atom. The summed E-state index contributed by atoms with van der Waals surface area (Å²) >= 11 is 6.51. The molecule has 0 radical (unpaired) electrons. The molecule has 0 unspecified atom stereocenters. The first-order valence-electron chi connectivity index (χ1n) is 13.2. The van der Waals surface area contributed by atoms with Crippen LogP contribution in [0.5, 0.6) is 0 Å². The number of nitrogens with zero attached hydrogens (tertiary/aromatic N) is 2. The second kappa shape index (κ2) is 11.7. The number of carbonyl (C=O) groups excluding carboxylic acids is 3. The van der Waals surface area contributed by atoms with Gasteiger partial charge in [-0.2, -0.15) is 0 Å². The molecule has 0 bridgehead atoms. The molecule has 6 nitrogen and oxygen atoms in total. The van der Waals surface area contributed by atoms with Crippen LogP contribution in [0.3, 0.4) is 0 Å². The average Bonchev–Trinajstić information content (AvgIpc) is 3.23. The number of carbonyl (C=O) groups is 3. The van der Waals surface area contributed by atoms with Crippen molar-refractivity contribution in [2.45, 2.75) is 32.4 Å². The van der Waals surface area contributed by atoms with Crippen molar-refractivity contribution in [2.24, 2.45) is 0 Å². The summed E-state index contributed by atoms with van der Waals surface area (Å²) in [5, 5.41) is 5.28. The van der Waals surface area contributed by atoms with E-state index in [9.17, 15) is 14.4 Å². The summed E-state index contributed by atoms with van der Waals surface area (Å²) in [4.78, 5) is 44.2. The van der Waals surface area contributed by atoms with Crippen molar-refractivity contribution in [3.63, 3.8) is 0 Å². The van der Waals surface area contributed by atoms with Crippen molar-refractivity contribution in [3.05, 3.63) is 113 Å². The molecule has 0 aliphatic carbocycles. The number of benzene rings is 4. The standard InChI is InChI=1S/C32H30ClN3O3/c1-2-18-34-31(38)28(19-22-10-4-3-5-11-22)35(20-24-12-6-7-16-26(24)33)29(37)21-36-27-17-9-14-23-13-8-15-25(30(23)27)32(36)39/h3-17,28H,2,18-21H2,1H3,(H,34,38)/t28-/m0/s1. The monoisotopic (exact) mass is 539 g/mol. The number of nitrogens with one attached hydrogen (secondary N) is 1. The number of rotatable bonds is 10. The Bertz CT molecular complexity index is 1520. The van der Waals surface area contributed by atoms with Crippen LogP contribution in [0.1, 0.15) is 34.8 Å². The van der Waals surface area contributed by atoms with Crippen LogP contribution >= 0.6 is 11.6 Å². The summed E-state index contributed by atoms with van der Waals surface area (Å²) in [5.41, 5.74) is 2.94. The maximum Gasteiger partial charge on any atom is 0.259 e. The van der Waals surface area contributed by atoms with E-state index in [2.05, 4.69) is 5.32 Å². The van der Waals surface area contributed by atoms with Gasteiger partial charge < -0.3 is 10.2 Å². The molecular formula is C32H30ClN3O3. The van der Waals surface area contributed by atoms with E-state index in [0.29, 0.717) is 29.2 Å². The molecule has 4 aromatic carbocycles. The number of hydrogen-bond donors (Lipinski definition) is 1. The van der Waals surface area contributed by atoms with Crippen molar-refractivity contribution in [2.75, 3.05) is 18.0 Å². The van der Waals surface area contributed by atoms with Gasteiger partial charge >= 0.3 is 0 Å². The molecule has 0 saturated heterocycles. The Labute approximate surface area is 233 Å². The molecule has 0 saturated carbocycles. The van der Waals surface area contributed by atoms with Crippen molar-refractivity contribution in [1.82, 2.24) is 10.2 Å². The molecule has 1 aliphatic rings. The minimum atomic E-state index is -0.793. The Morgan fingerprint density at radius 3 is 2.38 bits per heavy atom. The Hall–Kier alpha value is -4.16. The molecule has 1 atom stereocenters. The Morgan fingerprint density at radius 1 is 0.923 bits per heavy atom. The maximum absolute atomic E-state index is 14.1. The van der Waals surface area contributed by atoms with E-state index in [1.165, 1.54) is 4.90 Å². The average molecular weight is 540 g/mol. The molecular weight excluding hydrogens is 510 g/mol. The van der Waals surface area contributed by atoms with Crippen LogP contribution in [0.15, 0.2) is 91.0 Å². The normalized spacial score (nSPS) is 13.0. The first-order chi connectivity index (χ1) is 19.0. The summed E-state index contributed by atoms with van der Waals surface area (Å²) in [6.45, 7) is 2.43. The molecule has 1 aliphatic heterocycles. The largest absolute Gasteiger partial charge is 0.354 e. The van der Waals surface area contributed by atoms with E-state index in [1.54, 1.807) is 17.0 Å². The first-order valence-corrected chi connectivity index (χ1v) is 13.5. The van der Waals surface area contributed by atoms with Gasteiger partial charge in [0.2, 0.25) is 11.8 Å². The number of hydrogen-bond acceptors (Lipinski definition) is 3. The van der Waals surface area contributed by atoms with Gasteiger partial charge in [-0.05, 0) is 41.1 Å². The van der Waals surface area contributed by atoms with Gasteiger partial charge in [-0.15, -0.1) is 0 Å². The highest BCUT2D eigenvalue weighted by atomic mass is 35.5. The van der Waals surface area contributed by atoms with E-state index < -0.39 is 6.04 Å². The van der Waals surface area contributed by atoms with Crippen molar-refractivity contribution in [1.29, 1.82) is 0 Å². The molecule has 198 valence electrons. The molecule has 5 rings (SSSR count). The molecule has 0 spiro atoms. The highest BCUT2D eigenvalue weighted by Crippen LogP contribution is 2.37. The van der Waals surface area contributed by atoms with E-state index >= 15 is 0 Å². The van der Waals surface area contributed by atoms with Crippen LogP contribution < -0.4 is 10.2 Å². The van der Waals surface area contributed by atoms with Gasteiger partial charge in [-0.1, -0.05) is 91.3 Å². The minimum Gasteiger partial charge on any atom is -0.354 e. The highest BCUT2D eigenvalue weighted by molar-refractivity contribution is 6.31. The Kier molecular flexibility index (Phi) is 7.94. The zero-order valence-corrected chi connectivity index (χ0v) is 22.5. The molecule has 1 N–H and O–H groups in total. The smallest absolute Gasteiger partial charge is 0.259 e. The molecule has 7 heteroatoms. The quantitative estimate of drug-likeness (QED) is 0.284. The highest BCUT2D eigenvalue weighted by Gasteiger charge is 2.35. The van der Waals surface area contributed by atoms with Gasteiger partial charge in [-0.3, -0.25) is 19.3 Å². The zero-order chi connectivity index (χ0) is 27.4. The second-order valence-corrected chi connectivity index (χ2v) is 10.1. The van der Waals surface area contributed by atoms with Crippen LogP contribution in [0.4, 0.5) is 5.69 Å². The number of amides is 3. The SMILES string of the molecule is CCCNC(=O)[C@H](Cc1ccccc1)N(Cc1ccccc1Cl)C(=O)CN1C(=O)c2cccc3cccc1c23. The fourth-order valence-corrected chi connectivity index (χ4v) is 5.29. The van der Waals surface area contributed by atoms with Crippen LogP contribution in [0.2, 0.25) is 5.02 Å². The van der Waals surface area contributed by atoms with Crippen molar-refractivity contribution in [3.8, 4) is 0 Å². The zero-order valence-electron chi connectivity index (χ0n) is 21.8.